The molecule has 0 atom stereocenters. The fourth-order valence-corrected chi connectivity index (χ4v) is 6.01. The summed E-state index contributed by atoms with van der Waals surface area (Å²) in [4.78, 5) is 17.1. The van der Waals surface area contributed by atoms with E-state index in [0.717, 1.165) is 40.8 Å². The topological polar surface area (TPSA) is 114 Å². The van der Waals surface area contributed by atoms with Crippen molar-refractivity contribution in [2.45, 2.75) is 25.4 Å². The zero-order valence-electron chi connectivity index (χ0n) is 22.5. The van der Waals surface area contributed by atoms with Crippen LogP contribution in [0.25, 0.3) is 22.5 Å². The van der Waals surface area contributed by atoms with Gasteiger partial charge < -0.3 is 9.88 Å². The minimum absolute atomic E-state index is 0.176. The van der Waals surface area contributed by atoms with Crippen molar-refractivity contribution in [2.75, 3.05) is 16.6 Å². The van der Waals surface area contributed by atoms with Crippen LogP contribution in [0.1, 0.15) is 16.8 Å². The summed E-state index contributed by atoms with van der Waals surface area (Å²) in [6.45, 7) is 3.11. The Morgan fingerprint density at radius 1 is 1.05 bits per heavy atom. The summed E-state index contributed by atoms with van der Waals surface area (Å²) in [5.74, 6) is 0.234. The predicted molar refractivity (Wildman–Crippen MR) is 152 cm³/mol. The number of fused-ring (bicyclic) bond motifs is 3. The summed E-state index contributed by atoms with van der Waals surface area (Å²) in [5, 5.41) is 3.36. The molecule has 0 spiro atoms. The smallest absolute Gasteiger partial charge is 0.369 e. The molecule has 3 aliphatic heterocycles. The molecule has 4 heterocycles. The number of nitrogens with one attached hydrogen (secondary N) is 2. The number of rotatable bonds is 6. The number of alkyl halides is 3. The van der Waals surface area contributed by atoms with Gasteiger partial charge in [0.1, 0.15) is 23.2 Å². The van der Waals surface area contributed by atoms with E-state index in [9.17, 15) is 26.0 Å². The van der Waals surface area contributed by atoms with E-state index in [1.165, 1.54) is 12.1 Å². The van der Waals surface area contributed by atoms with Crippen LogP contribution in [0.3, 0.4) is 0 Å². The molecule has 0 saturated heterocycles. The second-order valence-corrected chi connectivity index (χ2v) is 11.7. The molecule has 0 unspecified atom stereocenters. The van der Waals surface area contributed by atoms with Crippen LogP contribution in [-0.2, 0) is 28.5 Å². The second kappa shape index (κ2) is 10.8. The molecule has 2 N–H and O–H groups in total. The van der Waals surface area contributed by atoms with Crippen LogP contribution < -0.4 is 15.7 Å². The Hall–Kier alpha value is -4.85. The number of hydrogen-bond donors (Lipinski definition) is 2. The van der Waals surface area contributed by atoms with E-state index in [0.29, 0.717) is 30.2 Å². The number of anilines is 2. The van der Waals surface area contributed by atoms with E-state index < -0.39 is 33.3 Å². The average molecular weight is 610 g/mol. The Morgan fingerprint density at radius 3 is 2.67 bits per heavy atom. The third kappa shape index (κ3) is 6.04. The molecule has 0 amide bonds. The molecule has 43 heavy (non-hydrogen) atoms. The van der Waals surface area contributed by atoms with Gasteiger partial charge in [-0.2, -0.15) is 18.2 Å². The van der Waals surface area contributed by atoms with Crippen LogP contribution >= 0.6 is 0 Å². The number of aromatic nitrogens is 4. The van der Waals surface area contributed by atoms with Gasteiger partial charge in [0, 0.05) is 42.3 Å². The summed E-state index contributed by atoms with van der Waals surface area (Å²) in [6, 6.07) is 14.2. The molecule has 0 bridgehead atoms. The third-order valence-electron chi connectivity index (χ3n) is 6.81. The van der Waals surface area contributed by atoms with Crippen molar-refractivity contribution < 1.29 is 26.0 Å². The Bertz CT molecular complexity index is 2010. The van der Waals surface area contributed by atoms with Crippen LogP contribution in [0.4, 0.5) is 34.8 Å². The number of aryl methyl sites for hydroxylation is 1. The lowest BCUT2D eigenvalue weighted by Crippen LogP contribution is -2.17. The molecule has 14 heteroatoms. The van der Waals surface area contributed by atoms with Gasteiger partial charge in [-0.3, -0.25) is 9.71 Å². The third-order valence-corrected chi connectivity index (χ3v) is 8.03. The highest BCUT2D eigenvalue weighted by molar-refractivity contribution is 7.91. The summed E-state index contributed by atoms with van der Waals surface area (Å²) in [6.07, 6.45) is -2.06. The molecule has 1 aromatic heterocycles. The highest BCUT2D eigenvalue weighted by atomic mass is 32.2. The number of hydrogen-bond acceptors (Lipinski definition) is 7. The summed E-state index contributed by atoms with van der Waals surface area (Å²) in [7, 11) is -4.10. The number of sulfonamides is 1. The summed E-state index contributed by atoms with van der Waals surface area (Å²) < 4.78 is 83.1. The van der Waals surface area contributed by atoms with Gasteiger partial charge >= 0.3 is 6.18 Å². The van der Waals surface area contributed by atoms with Crippen molar-refractivity contribution in [2.24, 2.45) is 4.99 Å². The maximum Gasteiger partial charge on any atom is 0.416 e. The minimum atomic E-state index is -4.62. The van der Waals surface area contributed by atoms with Crippen LogP contribution in [0.5, 0.6) is 0 Å². The molecule has 3 aliphatic rings. The van der Waals surface area contributed by atoms with E-state index in [1.54, 1.807) is 36.5 Å². The molecule has 0 saturated carbocycles. The van der Waals surface area contributed by atoms with Crippen molar-refractivity contribution >= 4 is 27.2 Å². The summed E-state index contributed by atoms with van der Waals surface area (Å²) >= 11 is 0. The lowest BCUT2D eigenvalue weighted by atomic mass is 9.98. The van der Waals surface area contributed by atoms with Crippen LogP contribution in [0.2, 0.25) is 0 Å². The van der Waals surface area contributed by atoms with E-state index in [-0.39, 0.29) is 17.0 Å². The average Bonchev–Trinajstić information content (AvgIpc) is 3.44. The fraction of sp³-hybridized carbons (Fsp3) is 0.172. The highest BCUT2D eigenvalue weighted by Gasteiger charge is 2.31. The summed E-state index contributed by atoms with van der Waals surface area (Å²) in [5.41, 5.74) is 2.67. The largest absolute Gasteiger partial charge is 0.416 e. The maximum atomic E-state index is 13.6. The number of nitrogens with zero attached hydrogens (tertiary/aromatic N) is 5. The van der Waals surface area contributed by atoms with Gasteiger partial charge in [0.25, 0.3) is 5.62 Å². The SMILES string of the molecule is Cc1ccc(NS(=O)(=O)Cc2cc(C(F)(F)F)ccn2)cc1-c1cc2cnc(=Nc3cccc(F)c3)nc-2n2c1NCC2. The monoisotopic (exact) mass is 609 g/mol. The zero-order valence-corrected chi connectivity index (χ0v) is 23.3. The lowest BCUT2D eigenvalue weighted by Gasteiger charge is -2.19. The standard InChI is InChI=1S/C29H23F4N7O2S/c1-17-5-6-22(39-43(41,42)16-23-12-19(7-8-34-23)29(31,32)33)14-24(17)25-11-18-15-36-28(37-21-4-2-3-20(30)13-21)38-26(18)40-10-9-35-27(25)40/h2-8,11-15,35,39H,9-10,16H2,1H3. The van der Waals surface area contributed by atoms with Gasteiger partial charge in [-0.25, -0.2) is 22.8 Å². The molecule has 0 aliphatic carbocycles. The van der Waals surface area contributed by atoms with E-state index in [1.807, 2.05) is 17.6 Å². The van der Waals surface area contributed by atoms with E-state index in [2.05, 4.69) is 30.0 Å². The van der Waals surface area contributed by atoms with E-state index >= 15 is 0 Å². The maximum absolute atomic E-state index is 13.6. The Morgan fingerprint density at radius 2 is 1.88 bits per heavy atom. The lowest BCUT2D eigenvalue weighted by molar-refractivity contribution is -0.137. The molecular formula is C29H23F4N7O2S. The Labute approximate surface area is 243 Å². The first-order valence-electron chi connectivity index (χ1n) is 13.0. The number of pyridine rings is 2. The number of benzene rings is 2. The predicted octanol–water partition coefficient (Wildman–Crippen LogP) is 5.51. The van der Waals surface area contributed by atoms with Crippen LogP contribution in [0, 0.1) is 12.7 Å². The van der Waals surface area contributed by atoms with Gasteiger partial charge in [-0.15, -0.1) is 0 Å². The molecule has 0 fully saturated rings. The van der Waals surface area contributed by atoms with Crippen molar-refractivity contribution in [1.29, 1.82) is 0 Å². The van der Waals surface area contributed by atoms with Gasteiger partial charge in [-0.1, -0.05) is 12.1 Å². The minimum Gasteiger partial charge on any atom is -0.369 e. The Kier molecular flexibility index (Phi) is 7.08. The van der Waals surface area contributed by atoms with Gasteiger partial charge in [0.15, 0.2) is 0 Å². The first-order valence-corrected chi connectivity index (χ1v) is 14.7. The van der Waals surface area contributed by atoms with Gasteiger partial charge in [0.2, 0.25) is 10.0 Å². The molecule has 2 aromatic carbocycles. The molecular weight excluding hydrogens is 586 g/mol. The first-order chi connectivity index (χ1) is 20.4. The van der Waals surface area contributed by atoms with Crippen LogP contribution in [0.15, 0.2) is 78.0 Å². The quantitative estimate of drug-likeness (QED) is 0.246. The zero-order chi connectivity index (χ0) is 30.4. The van der Waals surface area contributed by atoms with Gasteiger partial charge in [0.05, 0.1) is 16.9 Å². The molecule has 3 aromatic rings. The van der Waals surface area contributed by atoms with E-state index in [4.69, 9.17) is 0 Å². The number of halogens is 4. The second-order valence-electron chi connectivity index (χ2n) is 9.95. The van der Waals surface area contributed by atoms with Crippen molar-refractivity contribution in [3.63, 3.8) is 0 Å². The first kappa shape index (κ1) is 28.3. The normalized spacial score (nSPS) is 13.7. The highest BCUT2D eigenvalue weighted by Crippen LogP contribution is 2.39. The van der Waals surface area contributed by atoms with Crippen LogP contribution in [-0.4, -0.2) is 34.5 Å². The molecule has 220 valence electrons. The van der Waals surface area contributed by atoms with Crippen molar-refractivity contribution in [3.05, 3.63) is 101 Å². The van der Waals surface area contributed by atoms with Gasteiger partial charge in [-0.05, 0) is 66.6 Å². The van der Waals surface area contributed by atoms with Crippen molar-refractivity contribution in [3.8, 4) is 22.5 Å². The Balaban J connectivity index is 1.34. The fourth-order valence-electron chi connectivity index (χ4n) is 4.90. The van der Waals surface area contributed by atoms with Crippen molar-refractivity contribution in [1.82, 2.24) is 19.5 Å². The molecule has 9 nitrogen and oxygen atoms in total. The molecule has 0 radical (unpaired) electrons. The molecule has 6 rings (SSSR count).